The fraction of sp³-hybridized carbons (Fsp3) is 0.300. The topological polar surface area (TPSA) is 49.0 Å². The maximum absolute atomic E-state index is 12.8. The molecule has 0 bridgehead atoms. The molecule has 122 valence electrons. The number of rotatable bonds is 2. The van der Waals surface area contributed by atoms with Gasteiger partial charge >= 0.3 is 0 Å². The third-order valence-corrected chi connectivity index (χ3v) is 4.77. The molecule has 0 aliphatic carbocycles. The van der Waals surface area contributed by atoms with Crippen molar-refractivity contribution < 1.29 is 4.79 Å². The number of piperidine rings is 1. The van der Waals surface area contributed by atoms with Crippen LogP contribution in [0.4, 0.5) is 0 Å². The maximum Gasteiger partial charge on any atom is 0.253 e. The Morgan fingerprint density at radius 2 is 2.08 bits per heavy atom. The number of hydrogen-bond donors (Lipinski definition) is 1. The summed E-state index contributed by atoms with van der Waals surface area (Å²) in [4.78, 5) is 22.9. The van der Waals surface area contributed by atoms with E-state index in [1.807, 2.05) is 60.4 Å². The van der Waals surface area contributed by atoms with Gasteiger partial charge in [-0.3, -0.25) is 4.79 Å². The summed E-state index contributed by atoms with van der Waals surface area (Å²) < 4.78 is 0. The molecule has 1 fully saturated rings. The molecule has 1 amide bonds. The van der Waals surface area contributed by atoms with E-state index in [9.17, 15) is 4.79 Å². The van der Waals surface area contributed by atoms with E-state index in [1.54, 1.807) is 0 Å². The van der Waals surface area contributed by atoms with Crippen molar-refractivity contribution in [3.05, 3.63) is 65.5 Å². The minimum absolute atomic E-state index is 0.125. The number of likely N-dealkylation sites (tertiary alicyclic amines) is 1. The summed E-state index contributed by atoms with van der Waals surface area (Å²) in [5, 5.41) is 0. The summed E-state index contributed by atoms with van der Waals surface area (Å²) in [5.74, 6) is 1.40. The molecule has 24 heavy (non-hydrogen) atoms. The average molecular weight is 319 g/mol. The lowest BCUT2D eigenvalue weighted by Gasteiger charge is -2.32. The first-order valence-corrected chi connectivity index (χ1v) is 8.51. The highest BCUT2D eigenvalue weighted by Gasteiger charge is 2.27. The zero-order valence-corrected chi connectivity index (χ0v) is 13.8. The van der Waals surface area contributed by atoms with E-state index in [1.165, 1.54) is 0 Å². The number of aromatic nitrogens is 2. The van der Waals surface area contributed by atoms with Crippen molar-refractivity contribution in [1.82, 2.24) is 14.9 Å². The molecule has 2 aromatic carbocycles. The van der Waals surface area contributed by atoms with E-state index in [2.05, 4.69) is 4.98 Å². The van der Waals surface area contributed by atoms with Gasteiger partial charge in [0, 0.05) is 24.6 Å². The Morgan fingerprint density at radius 3 is 2.92 bits per heavy atom. The number of aryl methyl sites for hydroxylation is 1. The Balaban J connectivity index is 1.56. The molecule has 1 saturated heterocycles. The first-order chi connectivity index (χ1) is 11.7. The monoisotopic (exact) mass is 319 g/mol. The number of nitrogens with zero attached hydrogens (tertiary/aromatic N) is 2. The van der Waals surface area contributed by atoms with E-state index < -0.39 is 0 Å². The van der Waals surface area contributed by atoms with E-state index in [0.29, 0.717) is 0 Å². The summed E-state index contributed by atoms with van der Waals surface area (Å²) in [6.07, 6.45) is 2.08. The smallest absolute Gasteiger partial charge is 0.253 e. The van der Waals surface area contributed by atoms with Gasteiger partial charge in [-0.25, -0.2) is 4.98 Å². The van der Waals surface area contributed by atoms with Crippen LogP contribution in [0.3, 0.4) is 0 Å². The lowest BCUT2D eigenvalue weighted by atomic mass is 9.96. The number of benzene rings is 2. The summed E-state index contributed by atoms with van der Waals surface area (Å²) in [6.45, 7) is 3.57. The molecule has 2 heterocycles. The van der Waals surface area contributed by atoms with Crippen LogP contribution in [0.2, 0.25) is 0 Å². The van der Waals surface area contributed by atoms with Crippen LogP contribution in [0.5, 0.6) is 0 Å². The average Bonchev–Trinajstić information content (AvgIpc) is 3.05. The number of imidazole rings is 1. The number of para-hydroxylation sites is 2. The standard InChI is InChI=1S/C20H21N3O/c1-14-6-4-7-15(12-14)20(24)23-11-5-8-16(13-23)19-21-17-9-2-3-10-18(17)22-19/h2-4,6-7,9-10,12,16H,5,8,11,13H2,1H3,(H,21,22)/t16-/m1/s1. The van der Waals surface area contributed by atoms with Gasteiger partial charge in [0.25, 0.3) is 5.91 Å². The Labute approximate surface area is 141 Å². The van der Waals surface area contributed by atoms with Crippen molar-refractivity contribution >= 4 is 16.9 Å². The molecule has 1 atom stereocenters. The summed E-state index contributed by atoms with van der Waals surface area (Å²) >= 11 is 0. The number of carbonyl (C=O) groups is 1. The van der Waals surface area contributed by atoms with Crippen LogP contribution in [0.25, 0.3) is 11.0 Å². The van der Waals surface area contributed by atoms with Crippen LogP contribution in [0, 0.1) is 6.92 Å². The molecule has 3 aromatic rings. The van der Waals surface area contributed by atoms with Crippen LogP contribution in [0.15, 0.2) is 48.5 Å². The van der Waals surface area contributed by atoms with Gasteiger partial charge in [-0.2, -0.15) is 0 Å². The first-order valence-electron chi connectivity index (χ1n) is 8.51. The molecule has 1 aromatic heterocycles. The number of H-pyrrole nitrogens is 1. The third kappa shape index (κ3) is 2.80. The van der Waals surface area contributed by atoms with Crippen LogP contribution >= 0.6 is 0 Å². The number of nitrogens with one attached hydrogen (secondary N) is 1. The van der Waals surface area contributed by atoms with Gasteiger partial charge in [0.15, 0.2) is 0 Å². The Hall–Kier alpha value is -2.62. The van der Waals surface area contributed by atoms with Gasteiger partial charge in [-0.15, -0.1) is 0 Å². The number of hydrogen-bond acceptors (Lipinski definition) is 2. The van der Waals surface area contributed by atoms with Gasteiger partial charge in [-0.05, 0) is 44.0 Å². The zero-order chi connectivity index (χ0) is 16.5. The van der Waals surface area contributed by atoms with Gasteiger partial charge in [0.2, 0.25) is 0 Å². The van der Waals surface area contributed by atoms with Crippen LogP contribution in [-0.4, -0.2) is 33.9 Å². The van der Waals surface area contributed by atoms with Crippen LogP contribution < -0.4 is 0 Å². The second kappa shape index (κ2) is 6.11. The highest BCUT2D eigenvalue weighted by molar-refractivity contribution is 5.94. The molecule has 4 heteroatoms. The van der Waals surface area contributed by atoms with Crippen LogP contribution in [0.1, 0.15) is 40.5 Å². The largest absolute Gasteiger partial charge is 0.342 e. The van der Waals surface area contributed by atoms with Gasteiger partial charge in [-0.1, -0.05) is 29.8 Å². The molecule has 1 aliphatic rings. The van der Waals surface area contributed by atoms with Crippen molar-refractivity contribution in [2.24, 2.45) is 0 Å². The molecule has 1 N–H and O–H groups in total. The highest BCUT2D eigenvalue weighted by Crippen LogP contribution is 2.27. The fourth-order valence-corrected chi connectivity index (χ4v) is 3.51. The first kappa shape index (κ1) is 14.9. The zero-order valence-electron chi connectivity index (χ0n) is 13.8. The highest BCUT2D eigenvalue weighted by atomic mass is 16.2. The SMILES string of the molecule is Cc1cccc(C(=O)N2CCC[C@@H](c3nc4ccccc4[nH]3)C2)c1. The molecule has 4 rings (SSSR count). The lowest BCUT2D eigenvalue weighted by Crippen LogP contribution is -2.39. The fourth-order valence-electron chi connectivity index (χ4n) is 3.51. The lowest BCUT2D eigenvalue weighted by molar-refractivity contribution is 0.0705. The van der Waals surface area contributed by atoms with E-state index in [4.69, 9.17) is 4.98 Å². The second-order valence-corrected chi connectivity index (χ2v) is 6.60. The van der Waals surface area contributed by atoms with Crippen molar-refractivity contribution in [1.29, 1.82) is 0 Å². The van der Waals surface area contributed by atoms with E-state index in [-0.39, 0.29) is 11.8 Å². The van der Waals surface area contributed by atoms with E-state index >= 15 is 0 Å². The van der Waals surface area contributed by atoms with E-state index in [0.717, 1.165) is 53.9 Å². The molecule has 0 unspecified atom stereocenters. The number of fused-ring (bicyclic) bond motifs is 1. The Morgan fingerprint density at radius 1 is 1.21 bits per heavy atom. The predicted octanol–water partition coefficient (Wildman–Crippen LogP) is 3.89. The van der Waals surface area contributed by atoms with Gasteiger partial charge in [0.05, 0.1) is 11.0 Å². The normalized spacial score (nSPS) is 18.0. The van der Waals surface area contributed by atoms with Crippen molar-refractivity contribution in [3.63, 3.8) is 0 Å². The van der Waals surface area contributed by atoms with Crippen molar-refractivity contribution in [2.45, 2.75) is 25.7 Å². The maximum atomic E-state index is 12.8. The molecular weight excluding hydrogens is 298 g/mol. The summed E-state index contributed by atoms with van der Waals surface area (Å²) in [7, 11) is 0. The number of carbonyl (C=O) groups excluding carboxylic acids is 1. The Kier molecular flexibility index (Phi) is 3.81. The number of amides is 1. The Bertz CT molecular complexity index is 850. The minimum atomic E-state index is 0.125. The third-order valence-electron chi connectivity index (χ3n) is 4.77. The predicted molar refractivity (Wildman–Crippen MR) is 95.2 cm³/mol. The molecular formula is C20H21N3O. The van der Waals surface area contributed by atoms with Crippen molar-refractivity contribution in [3.8, 4) is 0 Å². The van der Waals surface area contributed by atoms with Crippen LogP contribution in [-0.2, 0) is 0 Å². The molecule has 1 aliphatic heterocycles. The minimum Gasteiger partial charge on any atom is -0.342 e. The number of aromatic amines is 1. The second-order valence-electron chi connectivity index (χ2n) is 6.60. The quantitative estimate of drug-likeness (QED) is 0.779. The van der Waals surface area contributed by atoms with Crippen molar-refractivity contribution in [2.75, 3.05) is 13.1 Å². The summed E-state index contributed by atoms with van der Waals surface area (Å²) in [5.41, 5.74) is 3.95. The molecule has 4 nitrogen and oxygen atoms in total. The van der Waals surface area contributed by atoms with Gasteiger partial charge in [0.1, 0.15) is 5.82 Å². The molecule has 0 spiro atoms. The summed E-state index contributed by atoms with van der Waals surface area (Å²) in [6, 6.07) is 15.9. The molecule has 0 radical (unpaired) electrons. The molecule has 0 saturated carbocycles. The van der Waals surface area contributed by atoms with Gasteiger partial charge < -0.3 is 9.88 Å².